The first-order valence-electron chi connectivity index (χ1n) is 6.75. The second-order valence-corrected chi connectivity index (χ2v) is 4.71. The normalized spacial score (nSPS) is 11.1. The van der Waals surface area contributed by atoms with Gasteiger partial charge in [0.05, 0.1) is 11.7 Å². The molecule has 0 radical (unpaired) electrons. The minimum atomic E-state index is -1.22. The van der Waals surface area contributed by atoms with Crippen LogP contribution >= 0.6 is 0 Å². The lowest BCUT2D eigenvalue weighted by molar-refractivity contribution is -0.297. The van der Waals surface area contributed by atoms with Gasteiger partial charge in [0.25, 0.3) is 0 Å². The van der Waals surface area contributed by atoms with Crippen LogP contribution in [0.3, 0.4) is 0 Å². The van der Waals surface area contributed by atoms with E-state index in [2.05, 4.69) is 4.98 Å². The predicted octanol–water partition coefficient (Wildman–Crippen LogP) is 1.68. The highest BCUT2D eigenvalue weighted by atomic mass is 16.5. The van der Waals surface area contributed by atoms with Gasteiger partial charge in [-0.05, 0) is 35.9 Å². The molecule has 22 heavy (non-hydrogen) atoms. The van der Waals surface area contributed by atoms with Gasteiger partial charge < -0.3 is 19.0 Å². The van der Waals surface area contributed by atoms with Crippen LogP contribution in [-0.2, 0) is 11.4 Å². The van der Waals surface area contributed by atoms with Crippen molar-refractivity contribution in [1.82, 2.24) is 9.38 Å². The molecule has 0 fully saturated rings. The number of imidazole rings is 1. The molecule has 5 nitrogen and oxygen atoms in total. The molecule has 0 saturated carbocycles. The first-order valence-corrected chi connectivity index (χ1v) is 6.75. The number of aromatic nitrogens is 2. The van der Waals surface area contributed by atoms with E-state index < -0.39 is 5.97 Å². The molecular formula is C17H13N2O3-. The third kappa shape index (κ3) is 3.32. The fourth-order valence-electron chi connectivity index (χ4n) is 2.05. The van der Waals surface area contributed by atoms with E-state index in [9.17, 15) is 9.90 Å². The highest BCUT2D eigenvalue weighted by molar-refractivity contribution is 5.83. The molecule has 0 unspecified atom stereocenters. The van der Waals surface area contributed by atoms with Gasteiger partial charge in [0, 0.05) is 12.4 Å². The maximum absolute atomic E-state index is 10.3. The van der Waals surface area contributed by atoms with Crippen molar-refractivity contribution in [2.24, 2.45) is 0 Å². The van der Waals surface area contributed by atoms with Gasteiger partial charge >= 0.3 is 0 Å². The molecule has 110 valence electrons. The van der Waals surface area contributed by atoms with Crippen molar-refractivity contribution in [1.29, 1.82) is 0 Å². The first kappa shape index (κ1) is 13.9. The number of nitrogens with zero attached hydrogens (tertiary/aromatic N) is 2. The Morgan fingerprint density at radius 3 is 2.77 bits per heavy atom. The summed E-state index contributed by atoms with van der Waals surface area (Å²) < 4.78 is 7.61. The Kier molecular flexibility index (Phi) is 3.87. The molecule has 1 aromatic carbocycles. The van der Waals surface area contributed by atoms with Crippen molar-refractivity contribution in [2.45, 2.75) is 6.61 Å². The number of carbonyl (C=O) groups excluding carboxylic acids is 1. The van der Waals surface area contributed by atoms with Gasteiger partial charge in [-0.15, -0.1) is 0 Å². The van der Waals surface area contributed by atoms with Crippen LogP contribution in [0.15, 0.2) is 60.9 Å². The van der Waals surface area contributed by atoms with Crippen LogP contribution in [0, 0.1) is 0 Å². The lowest BCUT2D eigenvalue weighted by Crippen LogP contribution is -2.18. The van der Waals surface area contributed by atoms with Crippen molar-refractivity contribution >= 4 is 17.7 Å². The highest BCUT2D eigenvalue weighted by Gasteiger charge is 2.02. The summed E-state index contributed by atoms with van der Waals surface area (Å²) >= 11 is 0. The zero-order chi connectivity index (χ0) is 15.4. The quantitative estimate of drug-likeness (QED) is 0.671. The van der Waals surface area contributed by atoms with Crippen molar-refractivity contribution < 1.29 is 14.6 Å². The Hall–Kier alpha value is -3.08. The fraction of sp³-hybridized carbons (Fsp3) is 0.0588. The highest BCUT2D eigenvalue weighted by Crippen LogP contribution is 2.15. The molecule has 0 saturated heterocycles. The summed E-state index contributed by atoms with van der Waals surface area (Å²) in [6.45, 7) is 0.371. The minimum Gasteiger partial charge on any atom is -0.545 e. The third-order valence-corrected chi connectivity index (χ3v) is 3.09. The molecule has 0 spiro atoms. The van der Waals surface area contributed by atoms with Gasteiger partial charge in [0.1, 0.15) is 18.0 Å². The molecule has 0 amide bonds. The number of benzene rings is 1. The van der Waals surface area contributed by atoms with Crippen LogP contribution in [0.25, 0.3) is 11.7 Å². The standard InChI is InChI=1S/C17H14N2O3/c20-17(21)9-6-13-4-7-15(8-5-13)22-12-14-11-19-10-2-1-3-16(19)18-14/h1-11H,12H2,(H,20,21)/p-1/b9-6+. The average molecular weight is 293 g/mol. The summed E-state index contributed by atoms with van der Waals surface area (Å²) in [4.78, 5) is 14.8. The molecular weight excluding hydrogens is 280 g/mol. The number of rotatable bonds is 5. The maximum atomic E-state index is 10.3. The predicted molar refractivity (Wildman–Crippen MR) is 80.0 cm³/mol. The van der Waals surface area contributed by atoms with Gasteiger partial charge in [-0.2, -0.15) is 0 Å². The zero-order valence-electron chi connectivity index (χ0n) is 11.7. The molecule has 0 N–H and O–H groups in total. The average Bonchev–Trinajstić information content (AvgIpc) is 2.95. The number of fused-ring (bicyclic) bond motifs is 1. The second-order valence-electron chi connectivity index (χ2n) is 4.71. The summed E-state index contributed by atoms with van der Waals surface area (Å²) in [6, 6.07) is 12.9. The largest absolute Gasteiger partial charge is 0.545 e. The van der Waals surface area contributed by atoms with Crippen molar-refractivity contribution in [3.05, 3.63) is 72.2 Å². The number of hydrogen-bond donors (Lipinski definition) is 0. The fourth-order valence-corrected chi connectivity index (χ4v) is 2.05. The van der Waals surface area contributed by atoms with E-state index in [1.807, 2.05) is 35.0 Å². The van der Waals surface area contributed by atoms with Crippen LogP contribution < -0.4 is 9.84 Å². The van der Waals surface area contributed by atoms with E-state index in [1.54, 1.807) is 24.3 Å². The topological polar surface area (TPSA) is 66.7 Å². The van der Waals surface area contributed by atoms with Gasteiger partial charge in [-0.3, -0.25) is 0 Å². The van der Waals surface area contributed by atoms with E-state index >= 15 is 0 Å². The van der Waals surface area contributed by atoms with Gasteiger partial charge in [-0.1, -0.05) is 24.3 Å². The summed E-state index contributed by atoms with van der Waals surface area (Å²) in [5.41, 5.74) is 2.49. The number of aliphatic carboxylic acids is 1. The Labute approximate surface area is 127 Å². The molecule has 2 aromatic heterocycles. The number of carboxylic acid groups (broad SMARTS) is 1. The van der Waals surface area contributed by atoms with Crippen LogP contribution in [0.2, 0.25) is 0 Å². The third-order valence-electron chi connectivity index (χ3n) is 3.09. The first-order chi connectivity index (χ1) is 10.7. The molecule has 0 aliphatic carbocycles. The van der Waals surface area contributed by atoms with E-state index in [0.717, 1.165) is 23.0 Å². The van der Waals surface area contributed by atoms with E-state index in [0.29, 0.717) is 12.4 Å². The number of pyridine rings is 1. The van der Waals surface area contributed by atoms with E-state index in [4.69, 9.17) is 4.74 Å². The van der Waals surface area contributed by atoms with Crippen molar-refractivity contribution in [3.8, 4) is 5.75 Å². The van der Waals surface area contributed by atoms with Crippen molar-refractivity contribution in [2.75, 3.05) is 0 Å². The summed E-state index contributed by atoms with van der Waals surface area (Å²) in [5, 5.41) is 10.3. The van der Waals surface area contributed by atoms with Crippen LogP contribution in [0.1, 0.15) is 11.3 Å². The van der Waals surface area contributed by atoms with E-state index in [-0.39, 0.29) is 0 Å². The zero-order valence-corrected chi connectivity index (χ0v) is 11.7. The SMILES string of the molecule is O=C([O-])/C=C/c1ccc(OCc2cn3ccccc3n2)cc1. The van der Waals surface area contributed by atoms with Gasteiger partial charge in [0.2, 0.25) is 0 Å². The summed E-state index contributed by atoms with van der Waals surface area (Å²) in [6.07, 6.45) is 6.32. The summed E-state index contributed by atoms with van der Waals surface area (Å²) in [5.74, 6) is -0.519. The van der Waals surface area contributed by atoms with E-state index in [1.165, 1.54) is 6.08 Å². The number of carboxylic acids is 1. The molecule has 3 rings (SSSR count). The minimum absolute atomic E-state index is 0.371. The monoisotopic (exact) mass is 293 g/mol. The lowest BCUT2D eigenvalue weighted by atomic mass is 10.2. The molecule has 0 aliphatic heterocycles. The number of ether oxygens (including phenoxy) is 1. The Morgan fingerprint density at radius 1 is 1.23 bits per heavy atom. The number of carbonyl (C=O) groups is 1. The molecule has 0 aliphatic rings. The lowest BCUT2D eigenvalue weighted by Gasteiger charge is -2.04. The smallest absolute Gasteiger partial charge is 0.137 e. The summed E-state index contributed by atoms with van der Waals surface area (Å²) in [7, 11) is 0. The van der Waals surface area contributed by atoms with Crippen molar-refractivity contribution in [3.63, 3.8) is 0 Å². The Morgan fingerprint density at radius 2 is 2.05 bits per heavy atom. The maximum Gasteiger partial charge on any atom is 0.137 e. The number of hydrogen-bond acceptors (Lipinski definition) is 4. The van der Waals surface area contributed by atoms with Crippen LogP contribution in [-0.4, -0.2) is 15.4 Å². The second kappa shape index (κ2) is 6.13. The molecule has 0 atom stereocenters. The van der Waals surface area contributed by atoms with Crippen LogP contribution in [0.4, 0.5) is 0 Å². The molecule has 5 heteroatoms. The molecule has 0 bridgehead atoms. The molecule has 2 heterocycles. The Bertz CT molecular complexity index is 786. The van der Waals surface area contributed by atoms with Gasteiger partial charge in [-0.25, -0.2) is 4.98 Å². The molecule has 3 aromatic rings. The van der Waals surface area contributed by atoms with Crippen LogP contribution in [0.5, 0.6) is 5.75 Å². The van der Waals surface area contributed by atoms with Gasteiger partial charge in [0.15, 0.2) is 0 Å². The Balaban J connectivity index is 1.64.